The average Bonchev–Trinajstić information content (AvgIpc) is 2.38. The quantitative estimate of drug-likeness (QED) is 0.919. The minimum absolute atomic E-state index is 0.129. The number of nitrogens with one attached hydrogen (secondary N) is 1. The van der Waals surface area contributed by atoms with Gasteiger partial charge in [-0.25, -0.2) is 0 Å². The van der Waals surface area contributed by atoms with Gasteiger partial charge in [-0.15, -0.1) is 0 Å². The smallest absolute Gasteiger partial charge is 0.0468 e. The van der Waals surface area contributed by atoms with Crippen molar-refractivity contribution >= 4 is 23.2 Å². The maximum Gasteiger partial charge on any atom is 0.0468 e. The summed E-state index contributed by atoms with van der Waals surface area (Å²) in [6.45, 7) is 0. The lowest BCUT2D eigenvalue weighted by Crippen LogP contribution is -2.19. The zero-order valence-electron chi connectivity index (χ0n) is 10.0. The van der Waals surface area contributed by atoms with Crippen molar-refractivity contribution in [3.05, 3.63) is 63.9 Å². The number of nitrogens with zero attached hydrogens (tertiary/aromatic N) is 1. The van der Waals surface area contributed by atoms with Gasteiger partial charge in [-0.3, -0.25) is 4.98 Å². The Hall–Kier alpha value is -1.09. The van der Waals surface area contributed by atoms with Crippen LogP contribution in [0.5, 0.6) is 0 Å². The molecular formula is C14H14Cl2N2. The Morgan fingerprint density at radius 1 is 1.22 bits per heavy atom. The Kier molecular flexibility index (Phi) is 4.59. The molecule has 0 saturated heterocycles. The van der Waals surface area contributed by atoms with Crippen LogP contribution in [0.15, 0.2) is 42.6 Å². The Bertz CT molecular complexity index is 514. The summed E-state index contributed by atoms with van der Waals surface area (Å²) in [5.41, 5.74) is 2.07. The molecule has 0 fully saturated rings. The highest BCUT2D eigenvalue weighted by atomic mass is 35.5. The molecule has 4 heteroatoms. The number of hydrogen-bond donors (Lipinski definition) is 1. The van der Waals surface area contributed by atoms with Crippen LogP contribution in [0.2, 0.25) is 10.0 Å². The van der Waals surface area contributed by atoms with E-state index >= 15 is 0 Å². The topological polar surface area (TPSA) is 24.9 Å². The first-order chi connectivity index (χ1) is 8.70. The molecule has 1 heterocycles. The van der Waals surface area contributed by atoms with Crippen molar-refractivity contribution in [1.29, 1.82) is 0 Å². The fraction of sp³-hybridized carbons (Fsp3) is 0.214. The highest BCUT2D eigenvalue weighted by Crippen LogP contribution is 2.27. The van der Waals surface area contributed by atoms with Crippen molar-refractivity contribution in [2.45, 2.75) is 12.5 Å². The van der Waals surface area contributed by atoms with Crippen molar-refractivity contribution < 1.29 is 0 Å². The van der Waals surface area contributed by atoms with E-state index in [0.717, 1.165) is 17.7 Å². The summed E-state index contributed by atoms with van der Waals surface area (Å²) in [6, 6.07) is 11.6. The molecule has 1 N–H and O–H groups in total. The molecule has 0 saturated carbocycles. The van der Waals surface area contributed by atoms with E-state index in [1.807, 2.05) is 37.4 Å². The molecule has 0 radical (unpaired) electrons. The first kappa shape index (κ1) is 13.3. The molecule has 1 aromatic heterocycles. The summed E-state index contributed by atoms with van der Waals surface area (Å²) in [5, 5.41) is 4.59. The van der Waals surface area contributed by atoms with E-state index in [0.29, 0.717) is 10.0 Å². The number of pyridine rings is 1. The molecule has 1 unspecified atom stereocenters. The lowest BCUT2D eigenvalue weighted by molar-refractivity contribution is 0.584. The molecule has 2 rings (SSSR count). The molecule has 2 nitrogen and oxygen atoms in total. The normalized spacial score (nSPS) is 12.4. The van der Waals surface area contributed by atoms with Gasteiger partial charge in [0.15, 0.2) is 0 Å². The second-order valence-electron chi connectivity index (χ2n) is 4.03. The Morgan fingerprint density at radius 2 is 2.06 bits per heavy atom. The second-order valence-corrected chi connectivity index (χ2v) is 4.88. The van der Waals surface area contributed by atoms with Crippen LogP contribution in [0.1, 0.15) is 17.3 Å². The van der Waals surface area contributed by atoms with E-state index in [2.05, 4.69) is 10.3 Å². The molecule has 18 heavy (non-hydrogen) atoms. The number of likely N-dealkylation sites (N-methyl/N-ethyl adjacent to an activating group) is 1. The van der Waals surface area contributed by atoms with Crippen molar-refractivity contribution in [2.75, 3.05) is 7.05 Å². The number of aromatic nitrogens is 1. The predicted molar refractivity (Wildman–Crippen MR) is 76.2 cm³/mol. The zero-order chi connectivity index (χ0) is 13.0. The highest BCUT2D eigenvalue weighted by molar-refractivity contribution is 6.35. The molecule has 0 aliphatic rings. The molecule has 2 aromatic rings. The standard InChI is InChI=1S/C14H14Cl2N2/c1-17-14(9-11-4-2-3-7-18-11)12-6-5-10(15)8-13(12)16/h2-8,14,17H,9H2,1H3. The zero-order valence-corrected chi connectivity index (χ0v) is 11.5. The largest absolute Gasteiger partial charge is 0.313 e. The first-order valence-corrected chi connectivity index (χ1v) is 6.48. The van der Waals surface area contributed by atoms with E-state index in [-0.39, 0.29) is 6.04 Å². The maximum atomic E-state index is 6.22. The molecule has 1 aromatic carbocycles. The van der Waals surface area contributed by atoms with Gasteiger partial charge in [0.1, 0.15) is 0 Å². The van der Waals surface area contributed by atoms with Crippen LogP contribution in [0.3, 0.4) is 0 Å². The van der Waals surface area contributed by atoms with E-state index in [4.69, 9.17) is 23.2 Å². The van der Waals surface area contributed by atoms with Gasteiger partial charge in [0.05, 0.1) is 0 Å². The molecule has 0 aliphatic heterocycles. The van der Waals surface area contributed by atoms with Crippen LogP contribution in [0, 0.1) is 0 Å². The van der Waals surface area contributed by atoms with Crippen molar-refractivity contribution in [3.63, 3.8) is 0 Å². The summed E-state index contributed by atoms with van der Waals surface area (Å²) in [5.74, 6) is 0. The van der Waals surface area contributed by atoms with Crippen LogP contribution in [0.4, 0.5) is 0 Å². The predicted octanol–water partition coefficient (Wildman–Crippen LogP) is 3.89. The Morgan fingerprint density at radius 3 is 2.67 bits per heavy atom. The minimum atomic E-state index is 0.129. The van der Waals surface area contributed by atoms with Crippen molar-refractivity contribution in [1.82, 2.24) is 10.3 Å². The van der Waals surface area contributed by atoms with Gasteiger partial charge in [-0.05, 0) is 36.9 Å². The molecule has 0 bridgehead atoms. The number of benzene rings is 1. The maximum absolute atomic E-state index is 6.22. The van der Waals surface area contributed by atoms with Gasteiger partial charge in [-0.1, -0.05) is 35.3 Å². The lowest BCUT2D eigenvalue weighted by Gasteiger charge is -2.17. The van der Waals surface area contributed by atoms with Gasteiger partial charge < -0.3 is 5.32 Å². The fourth-order valence-electron chi connectivity index (χ4n) is 1.88. The van der Waals surface area contributed by atoms with Gasteiger partial charge in [0, 0.05) is 34.4 Å². The summed E-state index contributed by atoms with van der Waals surface area (Å²) in [6.07, 6.45) is 2.59. The highest BCUT2D eigenvalue weighted by Gasteiger charge is 2.14. The lowest BCUT2D eigenvalue weighted by atomic mass is 10.0. The van der Waals surface area contributed by atoms with Crippen molar-refractivity contribution in [2.24, 2.45) is 0 Å². The van der Waals surface area contributed by atoms with Crippen molar-refractivity contribution in [3.8, 4) is 0 Å². The molecular weight excluding hydrogens is 267 g/mol. The number of halogens is 2. The second kappa shape index (κ2) is 6.19. The minimum Gasteiger partial charge on any atom is -0.313 e. The van der Waals surface area contributed by atoms with E-state index in [1.165, 1.54) is 0 Å². The summed E-state index contributed by atoms with van der Waals surface area (Å²) in [4.78, 5) is 4.33. The Balaban J connectivity index is 2.23. The first-order valence-electron chi connectivity index (χ1n) is 5.73. The van der Waals surface area contributed by atoms with Crippen LogP contribution in [0.25, 0.3) is 0 Å². The van der Waals surface area contributed by atoms with Crippen LogP contribution < -0.4 is 5.32 Å². The fourth-order valence-corrected chi connectivity index (χ4v) is 2.42. The molecule has 0 spiro atoms. The Labute approximate surface area is 117 Å². The summed E-state index contributed by atoms with van der Waals surface area (Å²) >= 11 is 12.1. The molecule has 1 atom stereocenters. The van der Waals surface area contributed by atoms with E-state index in [1.54, 1.807) is 12.3 Å². The molecule has 0 aliphatic carbocycles. The van der Waals surface area contributed by atoms with E-state index in [9.17, 15) is 0 Å². The average molecular weight is 281 g/mol. The summed E-state index contributed by atoms with van der Waals surface area (Å²) < 4.78 is 0. The monoisotopic (exact) mass is 280 g/mol. The third-order valence-corrected chi connectivity index (χ3v) is 3.39. The van der Waals surface area contributed by atoms with Crippen LogP contribution >= 0.6 is 23.2 Å². The van der Waals surface area contributed by atoms with E-state index < -0.39 is 0 Å². The van der Waals surface area contributed by atoms with Gasteiger partial charge >= 0.3 is 0 Å². The SMILES string of the molecule is CNC(Cc1ccccn1)c1ccc(Cl)cc1Cl. The number of hydrogen-bond acceptors (Lipinski definition) is 2. The van der Waals surface area contributed by atoms with Crippen LogP contribution in [-0.2, 0) is 6.42 Å². The molecule has 94 valence electrons. The van der Waals surface area contributed by atoms with Gasteiger partial charge in [0.25, 0.3) is 0 Å². The third kappa shape index (κ3) is 3.22. The van der Waals surface area contributed by atoms with Gasteiger partial charge in [0.2, 0.25) is 0 Å². The number of rotatable bonds is 4. The molecule has 0 amide bonds. The van der Waals surface area contributed by atoms with Gasteiger partial charge in [-0.2, -0.15) is 0 Å². The van der Waals surface area contributed by atoms with Crippen LogP contribution in [-0.4, -0.2) is 12.0 Å². The summed E-state index contributed by atoms with van der Waals surface area (Å²) in [7, 11) is 1.92. The third-order valence-electron chi connectivity index (χ3n) is 2.83.